The number of phenolic OH excluding ortho intramolecular Hbond substituents is 1. The first-order valence-electron chi connectivity index (χ1n) is 10.6. The Labute approximate surface area is 211 Å². The third kappa shape index (κ3) is 7.09. The minimum atomic E-state index is -0.920. The van der Waals surface area contributed by atoms with Crippen molar-refractivity contribution in [2.45, 2.75) is 13.0 Å². The van der Waals surface area contributed by atoms with Gasteiger partial charge in [-0.15, -0.1) is 0 Å². The number of ether oxygens (including phenoxy) is 1. The minimum absolute atomic E-state index is 0.0638. The second kappa shape index (κ2) is 11.7. The monoisotopic (exact) mass is 534 g/mol. The van der Waals surface area contributed by atoms with Gasteiger partial charge in [-0.25, -0.2) is 4.79 Å². The molecule has 0 aliphatic carbocycles. The molecule has 9 heteroatoms. The number of carbonyl (C=O) groups is 2. The number of nitrogens with one attached hydrogen (secondary N) is 2. The lowest BCUT2D eigenvalue weighted by Crippen LogP contribution is -2.21. The van der Waals surface area contributed by atoms with E-state index in [0.29, 0.717) is 32.7 Å². The summed E-state index contributed by atoms with van der Waals surface area (Å²) in [5.41, 5.74) is 8.03. The van der Waals surface area contributed by atoms with Crippen LogP contribution in [0.4, 0.5) is 21.9 Å². The molecule has 0 aromatic heterocycles. The number of hydrogen-bond acceptors (Lipinski definition) is 6. The van der Waals surface area contributed by atoms with Crippen LogP contribution in [0.3, 0.4) is 0 Å². The molecule has 2 amide bonds. The zero-order valence-electron chi connectivity index (χ0n) is 18.7. The van der Waals surface area contributed by atoms with Crippen molar-refractivity contribution in [1.82, 2.24) is 0 Å². The van der Waals surface area contributed by atoms with Gasteiger partial charge in [-0.1, -0.05) is 41.1 Å². The van der Waals surface area contributed by atoms with Gasteiger partial charge >= 0.3 is 6.09 Å². The van der Waals surface area contributed by atoms with Gasteiger partial charge in [0.25, 0.3) is 0 Å². The van der Waals surface area contributed by atoms with Crippen LogP contribution in [0.25, 0.3) is 0 Å². The smallest absolute Gasteiger partial charge is 0.412 e. The third-order valence-corrected chi connectivity index (χ3v) is 5.53. The summed E-state index contributed by atoms with van der Waals surface area (Å²) in [4.78, 5) is 25.1. The van der Waals surface area contributed by atoms with Crippen molar-refractivity contribution < 1.29 is 19.4 Å². The molecule has 35 heavy (non-hydrogen) atoms. The molecule has 0 aliphatic rings. The first kappa shape index (κ1) is 25.3. The van der Waals surface area contributed by atoms with Crippen LogP contribution < -0.4 is 16.4 Å². The Bertz CT molecular complexity index is 1290. The lowest BCUT2D eigenvalue weighted by Gasteiger charge is -2.23. The van der Waals surface area contributed by atoms with Crippen molar-refractivity contribution in [3.63, 3.8) is 0 Å². The summed E-state index contributed by atoms with van der Waals surface area (Å²) in [7, 11) is 0. The molecule has 2 atom stereocenters. The van der Waals surface area contributed by atoms with Gasteiger partial charge in [-0.2, -0.15) is 5.26 Å². The van der Waals surface area contributed by atoms with E-state index in [4.69, 9.17) is 15.7 Å². The zero-order valence-corrected chi connectivity index (χ0v) is 20.3. The van der Waals surface area contributed by atoms with Crippen LogP contribution in [-0.2, 0) is 9.53 Å². The Kier molecular flexibility index (Phi) is 8.48. The molecule has 0 heterocycles. The number of hydrogen-bond donors (Lipinski definition) is 4. The maximum atomic E-state index is 12.7. The van der Waals surface area contributed by atoms with Crippen LogP contribution in [0.5, 0.6) is 5.75 Å². The third-order valence-electron chi connectivity index (χ3n) is 5.04. The van der Waals surface area contributed by atoms with Crippen LogP contribution in [0.2, 0.25) is 0 Å². The summed E-state index contributed by atoms with van der Waals surface area (Å²) in [5, 5.41) is 24.7. The molecule has 0 spiro atoms. The zero-order chi connectivity index (χ0) is 25.4. The highest BCUT2D eigenvalue weighted by molar-refractivity contribution is 9.10. The fourth-order valence-electron chi connectivity index (χ4n) is 3.22. The summed E-state index contributed by atoms with van der Waals surface area (Å²) in [6, 6.07) is 20.0. The molecule has 0 saturated carbocycles. The Morgan fingerprint density at radius 3 is 2.51 bits per heavy atom. The number of nitriles is 1. The number of halogens is 1. The van der Waals surface area contributed by atoms with E-state index in [0.717, 1.165) is 0 Å². The predicted octanol–water partition coefficient (Wildman–Crippen LogP) is 5.73. The maximum absolute atomic E-state index is 12.7. The number of rotatable bonds is 7. The molecule has 5 N–H and O–H groups in total. The largest absolute Gasteiger partial charge is 0.508 e. The van der Waals surface area contributed by atoms with E-state index in [1.807, 2.05) is 6.07 Å². The van der Waals surface area contributed by atoms with Gasteiger partial charge in [0.05, 0.1) is 23.0 Å². The van der Waals surface area contributed by atoms with E-state index in [1.165, 1.54) is 12.1 Å². The van der Waals surface area contributed by atoms with Gasteiger partial charge in [0.15, 0.2) is 0 Å². The molecule has 0 unspecified atom stereocenters. The van der Waals surface area contributed by atoms with Gasteiger partial charge < -0.3 is 20.9 Å². The number of anilines is 3. The van der Waals surface area contributed by atoms with Crippen molar-refractivity contribution in [3.05, 3.63) is 94.5 Å². The normalized spacial score (nSPS) is 12.4. The van der Waals surface area contributed by atoms with Crippen molar-refractivity contribution in [1.29, 1.82) is 5.26 Å². The predicted molar refractivity (Wildman–Crippen MR) is 138 cm³/mol. The number of aromatic hydroxyl groups is 1. The fourth-order valence-corrected chi connectivity index (χ4v) is 3.60. The molecule has 3 aromatic rings. The van der Waals surface area contributed by atoms with E-state index in [1.54, 1.807) is 73.7 Å². The van der Waals surface area contributed by atoms with Crippen LogP contribution in [0, 0.1) is 17.2 Å². The van der Waals surface area contributed by atoms with Crippen LogP contribution >= 0.6 is 15.9 Å². The number of carbonyl (C=O) groups excluding carboxylic acids is 2. The van der Waals surface area contributed by atoms with E-state index in [2.05, 4.69) is 26.6 Å². The van der Waals surface area contributed by atoms with Crippen molar-refractivity contribution in [3.8, 4) is 11.8 Å². The van der Waals surface area contributed by atoms with E-state index in [9.17, 15) is 14.7 Å². The number of phenols is 1. The summed E-state index contributed by atoms with van der Waals surface area (Å²) in [5.74, 6) is -0.971. The Morgan fingerprint density at radius 2 is 1.83 bits per heavy atom. The first-order chi connectivity index (χ1) is 16.8. The van der Waals surface area contributed by atoms with Gasteiger partial charge in [0, 0.05) is 21.6 Å². The SMILES string of the molecule is C[C@H](/C=C/C(=O)Nc1ccccc1N)[C@@H](OC(=O)Nc1ccc(C#N)cc1)c1cc(Br)ccc1O. The quantitative estimate of drug-likeness (QED) is 0.225. The van der Waals surface area contributed by atoms with Gasteiger partial charge in [-0.3, -0.25) is 10.1 Å². The van der Waals surface area contributed by atoms with Crippen molar-refractivity contribution >= 4 is 45.0 Å². The average Bonchev–Trinajstić information content (AvgIpc) is 2.84. The molecule has 178 valence electrons. The van der Waals surface area contributed by atoms with Gasteiger partial charge in [0.1, 0.15) is 11.9 Å². The van der Waals surface area contributed by atoms with Crippen LogP contribution in [-0.4, -0.2) is 17.1 Å². The summed E-state index contributed by atoms with van der Waals surface area (Å²) in [6.45, 7) is 1.75. The summed E-state index contributed by atoms with van der Waals surface area (Å²) < 4.78 is 6.35. The van der Waals surface area contributed by atoms with Crippen molar-refractivity contribution in [2.75, 3.05) is 16.4 Å². The summed E-state index contributed by atoms with van der Waals surface area (Å²) >= 11 is 3.37. The minimum Gasteiger partial charge on any atom is -0.508 e. The Balaban J connectivity index is 1.78. The molecule has 8 nitrogen and oxygen atoms in total. The Morgan fingerprint density at radius 1 is 1.11 bits per heavy atom. The molecular weight excluding hydrogens is 512 g/mol. The number of nitrogens with two attached hydrogens (primary N) is 1. The number of para-hydroxylation sites is 2. The molecular formula is C26H23BrN4O4. The second-order valence-corrected chi connectivity index (χ2v) is 8.55. The number of benzene rings is 3. The number of nitrogen functional groups attached to an aromatic ring is 1. The fraction of sp³-hybridized carbons (Fsp3) is 0.115. The van der Waals surface area contributed by atoms with Gasteiger partial charge in [0.2, 0.25) is 5.91 Å². The molecule has 0 aliphatic heterocycles. The molecule has 3 aromatic carbocycles. The van der Waals surface area contributed by atoms with Crippen LogP contribution in [0.1, 0.15) is 24.2 Å². The standard InChI is InChI=1S/C26H23BrN4O4/c1-16(6-13-24(33)31-22-5-3-2-4-21(22)29)25(20-14-18(27)9-12-23(20)32)35-26(34)30-19-10-7-17(15-28)8-11-19/h2-14,16,25,32H,29H2,1H3,(H,30,34)(H,31,33)/b13-6+/t16-,25-/m1/s1. The van der Waals surface area contributed by atoms with E-state index < -0.39 is 24.0 Å². The molecule has 0 radical (unpaired) electrons. The van der Waals surface area contributed by atoms with E-state index in [-0.39, 0.29) is 5.75 Å². The Hall–Kier alpha value is -4.29. The highest BCUT2D eigenvalue weighted by atomic mass is 79.9. The second-order valence-electron chi connectivity index (χ2n) is 7.64. The molecule has 0 fully saturated rings. The first-order valence-corrected chi connectivity index (χ1v) is 11.4. The topological polar surface area (TPSA) is 137 Å². The lowest BCUT2D eigenvalue weighted by molar-refractivity contribution is -0.111. The maximum Gasteiger partial charge on any atom is 0.412 e. The number of amides is 2. The van der Waals surface area contributed by atoms with Crippen molar-refractivity contribution in [2.24, 2.45) is 5.92 Å². The van der Waals surface area contributed by atoms with Crippen LogP contribution in [0.15, 0.2) is 83.4 Å². The number of nitrogens with zero attached hydrogens (tertiary/aromatic N) is 1. The highest BCUT2D eigenvalue weighted by Crippen LogP contribution is 2.35. The molecule has 0 saturated heterocycles. The molecule has 0 bridgehead atoms. The highest BCUT2D eigenvalue weighted by Gasteiger charge is 2.25. The van der Waals surface area contributed by atoms with E-state index >= 15 is 0 Å². The average molecular weight is 535 g/mol. The molecule has 3 rings (SSSR count). The summed E-state index contributed by atoms with van der Waals surface area (Å²) in [6.07, 6.45) is 1.22. The lowest BCUT2D eigenvalue weighted by atomic mass is 9.96. The van der Waals surface area contributed by atoms with Gasteiger partial charge in [-0.05, 0) is 60.7 Å².